The maximum Gasteiger partial charge on any atom is 0.119 e. The van der Waals surface area contributed by atoms with E-state index in [0.29, 0.717) is 6.61 Å². The fourth-order valence-corrected chi connectivity index (χ4v) is 4.82. The number of nitrogens with zero attached hydrogens (tertiary/aromatic N) is 3. The Morgan fingerprint density at radius 3 is 1.51 bits per heavy atom. The van der Waals surface area contributed by atoms with Crippen molar-refractivity contribution in [1.82, 2.24) is 0 Å². The summed E-state index contributed by atoms with van der Waals surface area (Å²) in [5.74, 6) is 0.838. The van der Waals surface area contributed by atoms with Gasteiger partial charge in [0.15, 0.2) is 0 Å². The Labute approximate surface area is 253 Å². The van der Waals surface area contributed by atoms with E-state index in [2.05, 4.69) is 121 Å². The third kappa shape index (κ3) is 7.00. The maximum atomic E-state index is 6.07. The molecule has 0 fully saturated rings. The summed E-state index contributed by atoms with van der Waals surface area (Å²) in [6.45, 7) is 2.63. The summed E-state index contributed by atoms with van der Waals surface area (Å²) in [6, 6.07) is 55.9. The van der Waals surface area contributed by atoms with Gasteiger partial charge >= 0.3 is 0 Å². The zero-order valence-corrected chi connectivity index (χ0v) is 24.1. The van der Waals surface area contributed by atoms with Crippen molar-refractivity contribution in [2.45, 2.75) is 13.5 Å². The number of benzene rings is 6. The molecule has 0 bridgehead atoms. The first-order valence-corrected chi connectivity index (χ1v) is 14.4. The van der Waals surface area contributed by atoms with Gasteiger partial charge in [-0.1, -0.05) is 96.6 Å². The molecule has 6 aromatic rings. The topological polar surface area (TPSA) is 28.1 Å². The normalized spacial score (nSPS) is 10.9. The molecule has 0 atom stereocenters. The van der Waals surface area contributed by atoms with Crippen molar-refractivity contribution in [3.63, 3.8) is 0 Å². The Bertz CT molecular complexity index is 1700. The molecule has 6 rings (SSSR count). The molecule has 0 aromatic heterocycles. The minimum absolute atomic E-state index is 0.539. The van der Waals surface area contributed by atoms with E-state index in [1.165, 1.54) is 5.56 Å². The van der Waals surface area contributed by atoms with Crippen LogP contribution in [-0.2, 0) is 6.61 Å². The highest BCUT2D eigenvalue weighted by molar-refractivity contribution is 5.84. The van der Waals surface area contributed by atoms with Crippen molar-refractivity contribution in [3.8, 4) is 5.75 Å². The van der Waals surface area contributed by atoms with Crippen molar-refractivity contribution < 1.29 is 4.74 Å². The van der Waals surface area contributed by atoms with Gasteiger partial charge in [-0.25, -0.2) is 5.01 Å². The number of hydrazone groups is 1. The van der Waals surface area contributed by atoms with E-state index < -0.39 is 0 Å². The van der Waals surface area contributed by atoms with Crippen molar-refractivity contribution in [2.75, 3.05) is 9.91 Å². The van der Waals surface area contributed by atoms with Crippen LogP contribution in [0.4, 0.5) is 28.4 Å². The zero-order valence-electron chi connectivity index (χ0n) is 24.1. The molecule has 0 aliphatic heterocycles. The molecule has 4 nitrogen and oxygen atoms in total. The van der Waals surface area contributed by atoms with Crippen LogP contribution in [0.5, 0.6) is 5.75 Å². The number of hydrogen-bond acceptors (Lipinski definition) is 4. The molecule has 0 aliphatic rings. The standard InChI is InChI=1S/C39H33N3O/c1-31-17-19-33(20-18-31)30-43-39-27-25-36(26-28-39)41(34-11-5-2-6-12-34)35-23-21-32(22-24-35)29-40-42(37-13-7-3-8-14-37)38-15-9-4-10-16-38/h2-29H,30H2,1H3. The van der Waals surface area contributed by atoms with Gasteiger partial charge in [-0.3, -0.25) is 0 Å². The summed E-state index contributed by atoms with van der Waals surface area (Å²) < 4.78 is 6.07. The van der Waals surface area contributed by atoms with Crippen molar-refractivity contribution in [3.05, 3.63) is 180 Å². The zero-order chi connectivity index (χ0) is 29.3. The van der Waals surface area contributed by atoms with E-state index >= 15 is 0 Å². The largest absolute Gasteiger partial charge is 0.489 e. The van der Waals surface area contributed by atoms with E-state index in [1.54, 1.807) is 0 Å². The Kier molecular flexibility index (Phi) is 8.57. The van der Waals surface area contributed by atoms with Gasteiger partial charge in [-0.2, -0.15) is 5.10 Å². The number of aryl methyl sites for hydroxylation is 1. The Morgan fingerprint density at radius 1 is 0.512 bits per heavy atom. The Morgan fingerprint density at radius 2 is 0.977 bits per heavy atom. The van der Waals surface area contributed by atoms with Gasteiger partial charge in [-0.15, -0.1) is 0 Å². The van der Waals surface area contributed by atoms with Gasteiger partial charge in [0.2, 0.25) is 0 Å². The number of ether oxygens (including phenoxy) is 1. The van der Waals surface area contributed by atoms with Crippen LogP contribution < -0.4 is 14.6 Å². The summed E-state index contributed by atoms with van der Waals surface area (Å²) >= 11 is 0. The summed E-state index contributed by atoms with van der Waals surface area (Å²) in [5, 5.41) is 6.81. The first-order valence-electron chi connectivity index (χ1n) is 14.4. The molecule has 0 aliphatic carbocycles. The van der Waals surface area contributed by atoms with Crippen LogP contribution in [0.2, 0.25) is 0 Å². The second kappa shape index (κ2) is 13.4. The van der Waals surface area contributed by atoms with Gasteiger partial charge in [0.05, 0.1) is 17.6 Å². The molecular formula is C39H33N3O. The van der Waals surface area contributed by atoms with E-state index in [-0.39, 0.29) is 0 Å². The van der Waals surface area contributed by atoms with Crippen LogP contribution in [0.3, 0.4) is 0 Å². The molecule has 43 heavy (non-hydrogen) atoms. The first kappa shape index (κ1) is 27.6. The summed E-state index contributed by atoms with van der Waals surface area (Å²) in [6.07, 6.45) is 1.90. The molecule has 210 valence electrons. The van der Waals surface area contributed by atoms with Crippen LogP contribution in [0.25, 0.3) is 0 Å². The lowest BCUT2D eigenvalue weighted by Gasteiger charge is -2.25. The fraction of sp³-hybridized carbons (Fsp3) is 0.0513. The van der Waals surface area contributed by atoms with Crippen molar-refractivity contribution in [1.29, 1.82) is 0 Å². The Hall–Kier alpha value is -5.61. The van der Waals surface area contributed by atoms with E-state index in [9.17, 15) is 0 Å². The van der Waals surface area contributed by atoms with E-state index in [1.807, 2.05) is 65.8 Å². The maximum absolute atomic E-state index is 6.07. The molecule has 0 heterocycles. The van der Waals surface area contributed by atoms with Crippen molar-refractivity contribution in [2.24, 2.45) is 5.10 Å². The quantitative estimate of drug-likeness (QED) is 0.123. The lowest BCUT2D eigenvalue weighted by Crippen LogP contribution is -2.10. The molecule has 0 spiro atoms. The number of rotatable bonds is 10. The molecule has 6 aromatic carbocycles. The SMILES string of the molecule is Cc1ccc(COc2ccc(N(c3ccccc3)c3ccc(C=NN(c4ccccc4)c4ccccc4)cc3)cc2)cc1. The molecule has 0 unspecified atom stereocenters. The highest BCUT2D eigenvalue weighted by atomic mass is 16.5. The summed E-state index contributed by atoms with van der Waals surface area (Å²) in [7, 11) is 0. The number of para-hydroxylation sites is 3. The van der Waals surface area contributed by atoms with Gasteiger partial charge in [0.1, 0.15) is 12.4 Å². The average molecular weight is 560 g/mol. The van der Waals surface area contributed by atoms with Gasteiger partial charge in [0.25, 0.3) is 0 Å². The smallest absolute Gasteiger partial charge is 0.119 e. The Balaban J connectivity index is 1.23. The van der Waals surface area contributed by atoms with Gasteiger partial charge in [-0.05, 0) is 90.8 Å². The monoisotopic (exact) mass is 559 g/mol. The lowest BCUT2D eigenvalue weighted by molar-refractivity contribution is 0.306. The fourth-order valence-electron chi connectivity index (χ4n) is 4.82. The molecule has 4 heteroatoms. The highest BCUT2D eigenvalue weighted by Gasteiger charge is 2.13. The predicted molar refractivity (Wildman–Crippen MR) is 179 cm³/mol. The number of hydrogen-bond donors (Lipinski definition) is 0. The summed E-state index contributed by atoms with van der Waals surface area (Å²) in [4.78, 5) is 2.24. The molecule has 0 radical (unpaired) electrons. The first-order chi connectivity index (χ1) is 21.2. The third-order valence-corrected chi connectivity index (χ3v) is 7.11. The van der Waals surface area contributed by atoms with Crippen LogP contribution in [-0.4, -0.2) is 6.21 Å². The van der Waals surface area contributed by atoms with Crippen molar-refractivity contribution >= 4 is 34.7 Å². The molecule has 0 amide bonds. The van der Waals surface area contributed by atoms with Gasteiger partial charge in [0, 0.05) is 17.1 Å². The minimum atomic E-state index is 0.539. The van der Waals surface area contributed by atoms with Crippen LogP contribution >= 0.6 is 0 Å². The van der Waals surface area contributed by atoms with E-state index in [4.69, 9.17) is 9.84 Å². The molecule has 0 N–H and O–H groups in total. The summed E-state index contributed by atoms with van der Waals surface area (Å²) in [5.41, 5.74) is 8.60. The molecular weight excluding hydrogens is 526 g/mol. The predicted octanol–water partition coefficient (Wildman–Crippen LogP) is 10.2. The van der Waals surface area contributed by atoms with Gasteiger partial charge < -0.3 is 9.64 Å². The van der Waals surface area contributed by atoms with Crippen LogP contribution in [0.15, 0.2) is 169 Å². The second-order valence-corrected chi connectivity index (χ2v) is 10.3. The average Bonchev–Trinajstić information content (AvgIpc) is 3.07. The lowest BCUT2D eigenvalue weighted by atomic mass is 10.1. The molecule has 0 saturated carbocycles. The highest BCUT2D eigenvalue weighted by Crippen LogP contribution is 2.35. The van der Waals surface area contributed by atoms with E-state index in [0.717, 1.165) is 45.3 Å². The second-order valence-electron chi connectivity index (χ2n) is 10.3. The minimum Gasteiger partial charge on any atom is -0.489 e. The molecule has 0 saturated heterocycles. The van der Waals surface area contributed by atoms with Crippen LogP contribution in [0, 0.1) is 6.92 Å². The van der Waals surface area contributed by atoms with Crippen LogP contribution in [0.1, 0.15) is 16.7 Å². The number of anilines is 5. The third-order valence-electron chi connectivity index (χ3n) is 7.11.